The fraction of sp³-hybridized carbons (Fsp3) is 0.143. The van der Waals surface area contributed by atoms with Crippen LogP contribution in [0.25, 0.3) is 0 Å². The van der Waals surface area contributed by atoms with Crippen LogP contribution in [0.3, 0.4) is 0 Å². The molecular formula is C7H7N5. The predicted octanol–water partition coefficient (Wildman–Crippen LogP) is 1.67. The van der Waals surface area contributed by atoms with Crippen LogP contribution in [0.1, 0.15) is 11.3 Å². The van der Waals surface area contributed by atoms with Crippen LogP contribution in [0.2, 0.25) is 0 Å². The second kappa shape index (κ2) is 3.44. The van der Waals surface area contributed by atoms with Crippen LogP contribution in [0.5, 0.6) is 0 Å². The number of rotatable bonds is 3. The van der Waals surface area contributed by atoms with Crippen LogP contribution in [0.4, 0.5) is 5.82 Å². The SMILES string of the molecule is C=CCc1[nH]nc(N=N)c1C#N. The van der Waals surface area contributed by atoms with E-state index in [4.69, 9.17) is 10.8 Å². The van der Waals surface area contributed by atoms with Crippen molar-refractivity contribution in [2.45, 2.75) is 6.42 Å². The zero-order chi connectivity index (χ0) is 8.97. The van der Waals surface area contributed by atoms with Crippen LogP contribution in [-0.2, 0) is 6.42 Å². The van der Waals surface area contributed by atoms with Crippen LogP contribution >= 0.6 is 0 Å². The van der Waals surface area contributed by atoms with Gasteiger partial charge in [0.05, 0.1) is 5.69 Å². The molecule has 0 radical (unpaired) electrons. The summed E-state index contributed by atoms with van der Waals surface area (Å²) < 4.78 is 0. The molecule has 1 aromatic heterocycles. The molecule has 0 amide bonds. The lowest BCUT2D eigenvalue weighted by molar-refractivity contribution is 0.990. The van der Waals surface area contributed by atoms with E-state index in [1.165, 1.54) is 0 Å². The Labute approximate surface area is 69.2 Å². The highest BCUT2D eigenvalue weighted by Gasteiger charge is 2.09. The molecule has 0 unspecified atom stereocenters. The van der Waals surface area contributed by atoms with E-state index in [1.807, 2.05) is 6.07 Å². The Morgan fingerprint density at radius 1 is 1.83 bits per heavy atom. The van der Waals surface area contributed by atoms with Gasteiger partial charge in [0.1, 0.15) is 11.6 Å². The summed E-state index contributed by atoms with van der Waals surface area (Å²) in [4.78, 5) is 0. The van der Waals surface area contributed by atoms with Crippen molar-refractivity contribution in [3.8, 4) is 6.07 Å². The van der Waals surface area contributed by atoms with Crippen LogP contribution in [-0.4, -0.2) is 10.2 Å². The van der Waals surface area contributed by atoms with E-state index in [-0.39, 0.29) is 5.82 Å². The molecule has 0 aliphatic heterocycles. The summed E-state index contributed by atoms with van der Waals surface area (Å²) in [5.41, 5.74) is 7.67. The molecule has 12 heavy (non-hydrogen) atoms. The maximum atomic E-state index is 8.66. The molecule has 0 bridgehead atoms. The number of nitrogens with one attached hydrogen (secondary N) is 2. The molecule has 0 saturated carbocycles. The third kappa shape index (κ3) is 1.22. The van der Waals surface area contributed by atoms with Crippen LogP contribution in [0.15, 0.2) is 17.8 Å². The van der Waals surface area contributed by atoms with Crippen molar-refractivity contribution in [1.82, 2.24) is 10.2 Å². The van der Waals surface area contributed by atoms with Gasteiger partial charge < -0.3 is 0 Å². The summed E-state index contributed by atoms with van der Waals surface area (Å²) in [6.45, 7) is 3.53. The smallest absolute Gasteiger partial charge is 0.212 e. The number of allylic oxidation sites excluding steroid dienone is 1. The summed E-state index contributed by atoms with van der Waals surface area (Å²) in [7, 11) is 0. The average molecular weight is 161 g/mol. The van der Waals surface area contributed by atoms with E-state index in [2.05, 4.69) is 21.9 Å². The zero-order valence-corrected chi connectivity index (χ0v) is 6.33. The predicted molar refractivity (Wildman–Crippen MR) is 42.0 cm³/mol. The molecule has 0 fully saturated rings. The summed E-state index contributed by atoms with van der Waals surface area (Å²) in [5, 5.41) is 18.0. The van der Waals surface area contributed by atoms with Crippen molar-refractivity contribution < 1.29 is 0 Å². The number of hydrogen-bond acceptors (Lipinski definition) is 4. The van der Waals surface area contributed by atoms with E-state index >= 15 is 0 Å². The monoisotopic (exact) mass is 161 g/mol. The molecule has 1 heterocycles. The van der Waals surface area contributed by atoms with Crippen LogP contribution in [0, 0.1) is 16.9 Å². The van der Waals surface area contributed by atoms with Crippen molar-refractivity contribution in [2.24, 2.45) is 5.11 Å². The first-order valence-electron chi connectivity index (χ1n) is 3.29. The second-order valence-corrected chi connectivity index (χ2v) is 2.12. The average Bonchev–Trinajstić information content (AvgIpc) is 2.47. The minimum atomic E-state index is 0.134. The lowest BCUT2D eigenvalue weighted by atomic mass is 10.2. The molecule has 0 saturated heterocycles. The minimum absolute atomic E-state index is 0.134. The van der Waals surface area contributed by atoms with E-state index in [0.29, 0.717) is 17.7 Å². The van der Waals surface area contributed by atoms with Gasteiger partial charge in [-0.25, -0.2) is 5.53 Å². The summed E-state index contributed by atoms with van der Waals surface area (Å²) in [6.07, 6.45) is 2.19. The number of hydrogen-bond donors (Lipinski definition) is 2. The molecule has 2 N–H and O–H groups in total. The fourth-order valence-corrected chi connectivity index (χ4v) is 0.858. The highest BCUT2D eigenvalue weighted by Crippen LogP contribution is 2.18. The molecule has 0 aliphatic carbocycles. The quantitative estimate of drug-likeness (QED) is 0.521. The Kier molecular flexibility index (Phi) is 2.33. The summed E-state index contributed by atoms with van der Waals surface area (Å²) in [6, 6.07) is 1.92. The largest absolute Gasteiger partial charge is 0.279 e. The van der Waals surface area contributed by atoms with Gasteiger partial charge in [-0.1, -0.05) is 6.08 Å². The van der Waals surface area contributed by atoms with Gasteiger partial charge in [-0.2, -0.15) is 10.4 Å². The maximum absolute atomic E-state index is 8.66. The molecule has 1 rings (SSSR count). The number of aromatic nitrogens is 2. The number of nitrogens with zero attached hydrogens (tertiary/aromatic N) is 3. The lowest BCUT2D eigenvalue weighted by Gasteiger charge is -1.87. The number of nitriles is 1. The first kappa shape index (κ1) is 8.14. The molecule has 0 atom stereocenters. The van der Waals surface area contributed by atoms with Gasteiger partial charge in [0, 0.05) is 6.42 Å². The molecule has 5 heteroatoms. The normalized spacial score (nSPS) is 8.92. The van der Waals surface area contributed by atoms with Crippen molar-refractivity contribution in [3.63, 3.8) is 0 Å². The van der Waals surface area contributed by atoms with Gasteiger partial charge in [-0.05, 0) is 0 Å². The maximum Gasteiger partial charge on any atom is 0.212 e. The van der Waals surface area contributed by atoms with E-state index in [9.17, 15) is 0 Å². The van der Waals surface area contributed by atoms with Crippen molar-refractivity contribution in [3.05, 3.63) is 23.9 Å². The third-order valence-corrected chi connectivity index (χ3v) is 1.39. The fourth-order valence-electron chi connectivity index (χ4n) is 0.858. The Bertz CT molecular complexity index is 343. The molecular weight excluding hydrogens is 154 g/mol. The van der Waals surface area contributed by atoms with Gasteiger partial charge in [-0.3, -0.25) is 5.10 Å². The third-order valence-electron chi connectivity index (χ3n) is 1.39. The van der Waals surface area contributed by atoms with Gasteiger partial charge in [0.15, 0.2) is 0 Å². The van der Waals surface area contributed by atoms with Crippen molar-refractivity contribution in [1.29, 1.82) is 10.8 Å². The zero-order valence-electron chi connectivity index (χ0n) is 6.33. The molecule has 60 valence electrons. The summed E-state index contributed by atoms with van der Waals surface area (Å²) >= 11 is 0. The Morgan fingerprint density at radius 2 is 2.58 bits per heavy atom. The molecule has 0 aromatic carbocycles. The van der Waals surface area contributed by atoms with Gasteiger partial charge in [0.2, 0.25) is 5.82 Å². The lowest BCUT2D eigenvalue weighted by Crippen LogP contribution is -1.84. The first-order chi connectivity index (χ1) is 5.83. The Morgan fingerprint density at radius 3 is 3.08 bits per heavy atom. The Balaban J connectivity index is 3.14. The van der Waals surface area contributed by atoms with Gasteiger partial charge >= 0.3 is 0 Å². The Hall–Kier alpha value is -1.96. The molecule has 1 aromatic rings. The minimum Gasteiger partial charge on any atom is -0.279 e. The van der Waals surface area contributed by atoms with Gasteiger partial charge in [0.25, 0.3) is 0 Å². The number of aromatic amines is 1. The van der Waals surface area contributed by atoms with Crippen molar-refractivity contribution >= 4 is 5.82 Å². The van der Waals surface area contributed by atoms with E-state index in [0.717, 1.165) is 0 Å². The molecule has 5 nitrogen and oxygen atoms in total. The van der Waals surface area contributed by atoms with E-state index in [1.54, 1.807) is 6.08 Å². The van der Waals surface area contributed by atoms with Crippen molar-refractivity contribution in [2.75, 3.05) is 0 Å². The summed E-state index contributed by atoms with van der Waals surface area (Å²) in [5.74, 6) is 0.134. The van der Waals surface area contributed by atoms with Crippen LogP contribution < -0.4 is 0 Å². The second-order valence-electron chi connectivity index (χ2n) is 2.12. The number of H-pyrrole nitrogens is 1. The highest BCUT2D eigenvalue weighted by molar-refractivity contribution is 5.50. The van der Waals surface area contributed by atoms with E-state index < -0.39 is 0 Å². The highest BCUT2D eigenvalue weighted by atomic mass is 15.2. The van der Waals surface area contributed by atoms with Gasteiger partial charge in [-0.15, -0.1) is 11.7 Å². The topological polar surface area (TPSA) is 88.7 Å². The first-order valence-corrected chi connectivity index (χ1v) is 3.29. The molecule has 0 spiro atoms. The molecule has 0 aliphatic rings. The standard InChI is InChI=1S/C7H7N5/c1-2-3-6-5(4-8)7(10-9)12-11-6/h2,9H,1,3H2,(H,11,12).